The van der Waals surface area contributed by atoms with Gasteiger partial charge in [0.15, 0.2) is 0 Å². The Kier molecular flexibility index (Phi) is 4.70. The summed E-state index contributed by atoms with van der Waals surface area (Å²) in [6, 6.07) is 0. The lowest BCUT2D eigenvalue weighted by molar-refractivity contribution is -0.0746. The van der Waals surface area contributed by atoms with Gasteiger partial charge in [0.25, 0.3) is 0 Å². The van der Waals surface area contributed by atoms with E-state index in [0.29, 0.717) is 6.61 Å². The first-order valence-corrected chi connectivity index (χ1v) is 5.28. The van der Waals surface area contributed by atoms with Crippen molar-refractivity contribution in [1.29, 1.82) is 0 Å². The highest BCUT2D eigenvalue weighted by atomic mass is 16.5. The van der Waals surface area contributed by atoms with Gasteiger partial charge >= 0.3 is 0 Å². The molecule has 3 heteroatoms. The van der Waals surface area contributed by atoms with Crippen molar-refractivity contribution >= 4 is 0 Å². The Balaban J connectivity index is 2.33. The van der Waals surface area contributed by atoms with Crippen LogP contribution in [-0.2, 0) is 4.74 Å². The molecule has 1 rings (SSSR count). The zero-order chi connectivity index (χ0) is 9.68. The quantitative estimate of drug-likeness (QED) is 0.699. The average molecular weight is 187 g/mol. The topological polar surface area (TPSA) is 32.7 Å². The van der Waals surface area contributed by atoms with Crippen LogP contribution in [0.3, 0.4) is 0 Å². The zero-order valence-corrected chi connectivity index (χ0v) is 8.70. The predicted octanol–water partition coefficient (Wildman–Crippen LogP) is 1.07. The van der Waals surface area contributed by atoms with Gasteiger partial charge in [-0.1, -0.05) is 13.3 Å². The lowest BCUT2D eigenvalue weighted by Crippen LogP contribution is -2.38. The van der Waals surface area contributed by atoms with Gasteiger partial charge in [-0.25, -0.2) is 0 Å². The van der Waals surface area contributed by atoms with E-state index in [1.54, 1.807) is 0 Å². The molecule has 0 bridgehead atoms. The predicted molar refractivity (Wildman–Crippen MR) is 52.5 cm³/mol. The summed E-state index contributed by atoms with van der Waals surface area (Å²) in [5, 5.41) is 9.11. The number of aliphatic hydroxyl groups is 1. The van der Waals surface area contributed by atoms with Crippen LogP contribution in [0.1, 0.15) is 26.7 Å². The van der Waals surface area contributed by atoms with Crippen molar-refractivity contribution in [2.75, 3.05) is 26.3 Å². The van der Waals surface area contributed by atoms with E-state index in [9.17, 15) is 0 Å². The first-order chi connectivity index (χ1) is 6.31. The van der Waals surface area contributed by atoms with Crippen LogP contribution in [0.2, 0.25) is 0 Å². The second-order valence-corrected chi connectivity index (χ2v) is 3.65. The van der Waals surface area contributed by atoms with E-state index in [0.717, 1.165) is 19.0 Å². The Labute approximate surface area is 80.7 Å². The summed E-state index contributed by atoms with van der Waals surface area (Å²) in [4.78, 5) is 2.25. The smallest absolute Gasteiger partial charge is 0.133 e. The normalized spacial score (nSPS) is 26.5. The third kappa shape index (κ3) is 2.93. The van der Waals surface area contributed by atoms with Gasteiger partial charge in [-0.15, -0.1) is 0 Å². The fraction of sp³-hybridized carbons (Fsp3) is 1.00. The van der Waals surface area contributed by atoms with Crippen LogP contribution in [0.4, 0.5) is 0 Å². The molecule has 1 saturated heterocycles. The van der Waals surface area contributed by atoms with E-state index in [4.69, 9.17) is 9.84 Å². The van der Waals surface area contributed by atoms with Crippen LogP contribution >= 0.6 is 0 Å². The highest BCUT2D eigenvalue weighted by Crippen LogP contribution is 2.21. The fourth-order valence-electron chi connectivity index (χ4n) is 1.92. The molecule has 1 fully saturated rings. The van der Waals surface area contributed by atoms with E-state index in [1.165, 1.54) is 12.8 Å². The molecule has 13 heavy (non-hydrogen) atoms. The number of hydrogen-bond acceptors (Lipinski definition) is 3. The van der Waals surface area contributed by atoms with Gasteiger partial charge in [-0.2, -0.15) is 0 Å². The van der Waals surface area contributed by atoms with E-state index in [-0.39, 0.29) is 12.8 Å². The number of rotatable bonds is 5. The Morgan fingerprint density at radius 3 is 2.77 bits per heavy atom. The van der Waals surface area contributed by atoms with Gasteiger partial charge in [-0.3, -0.25) is 4.90 Å². The Hall–Kier alpha value is -0.120. The molecule has 0 aliphatic carbocycles. The molecule has 0 unspecified atom stereocenters. The first kappa shape index (κ1) is 11.0. The third-order valence-corrected chi connectivity index (χ3v) is 2.82. The largest absolute Gasteiger partial charge is 0.392 e. The van der Waals surface area contributed by atoms with Crippen molar-refractivity contribution in [2.45, 2.75) is 32.9 Å². The minimum atomic E-state index is -0.0680. The van der Waals surface area contributed by atoms with Gasteiger partial charge in [0.2, 0.25) is 0 Å². The summed E-state index contributed by atoms with van der Waals surface area (Å²) in [6.07, 6.45) is 2.42. The van der Waals surface area contributed by atoms with Crippen molar-refractivity contribution in [1.82, 2.24) is 4.90 Å². The molecule has 1 aliphatic rings. The molecule has 1 aliphatic heterocycles. The summed E-state index contributed by atoms with van der Waals surface area (Å²) in [5.74, 6) is 0.800. The maximum atomic E-state index is 9.11. The molecule has 1 N–H and O–H groups in total. The van der Waals surface area contributed by atoms with Gasteiger partial charge in [0.05, 0.1) is 6.61 Å². The highest BCUT2D eigenvalue weighted by Gasteiger charge is 2.26. The third-order valence-electron chi connectivity index (χ3n) is 2.82. The molecule has 78 valence electrons. The summed E-state index contributed by atoms with van der Waals surface area (Å²) in [5.41, 5.74) is 0. The standard InChI is InChI=1S/C10H21NO2/c1-3-9-5-6-11(7-9)10(8-12)13-4-2/h9-10,12H,3-8H2,1-2H3/t9-,10-/m1/s1. The van der Waals surface area contributed by atoms with Gasteiger partial charge in [0.1, 0.15) is 6.23 Å². The van der Waals surface area contributed by atoms with E-state index in [2.05, 4.69) is 11.8 Å². The van der Waals surface area contributed by atoms with E-state index < -0.39 is 0 Å². The Bertz CT molecular complexity index is 141. The molecule has 0 amide bonds. The molecule has 0 spiro atoms. The maximum absolute atomic E-state index is 9.11. The number of likely N-dealkylation sites (tertiary alicyclic amines) is 1. The minimum Gasteiger partial charge on any atom is -0.392 e. The zero-order valence-electron chi connectivity index (χ0n) is 8.70. The van der Waals surface area contributed by atoms with Crippen molar-refractivity contribution in [3.63, 3.8) is 0 Å². The molecular formula is C10H21NO2. The summed E-state index contributed by atoms with van der Waals surface area (Å²) < 4.78 is 5.44. The van der Waals surface area contributed by atoms with Crippen LogP contribution in [0, 0.1) is 5.92 Å². The monoisotopic (exact) mass is 187 g/mol. The van der Waals surface area contributed by atoms with Gasteiger partial charge < -0.3 is 9.84 Å². The molecule has 0 saturated carbocycles. The van der Waals surface area contributed by atoms with Crippen LogP contribution < -0.4 is 0 Å². The molecule has 3 nitrogen and oxygen atoms in total. The number of aliphatic hydroxyl groups excluding tert-OH is 1. The second kappa shape index (κ2) is 5.58. The van der Waals surface area contributed by atoms with Crippen LogP contribution in [0.25, 0.3) is 0 Å². The van der Waals surface area contributed by atoms with Crippen molar-refractivity contribution in [2.24, 2.45) is 5.92 Å². The minimum absolute atomic E-state index is 0.0680. The van der Waals surface area contributed by atoms with Gasteiger partial charge in [0, 0.05) is 19.7 Å². The SMILES string of the molecule is CCO[C@H](CO)N1CC[C@@H](CC)C1. The second-order valence-electron chi connectivity index (χ2n) is 3.65. The molecule has 2 atom stereocenters. The maximum Gasteiger partial charge on any atom is 0.133 e. The van der Waals surface area contributed by atoms with Crippen LogP contribution in [-0.4, -0.2) is 42.5 Å². The first-order valence-electron chi connectivity index (χ1n) is 5.28. The highest BCUT2D eigenvalue weighted by molar-refractivity contribution is 4.76. The molecule has 0 aromatic rings. The molecule has 0 aromatic heterocycles. The Morgan fingerprint density at radius 2 is 2.31 bits per heavy atom. The summed E-state index contributed by atoms with van der Waals surface area (Å²) >= 11 is 0. The number of ether oxygens (including phenoxy) is 1. The fourth-order valence-corrected chi connectivity index (χ4v) is 1.92. The Morgan fingerprint density at radius 1 is 1.54 bits per heavy atom. The van der Waals surface area contributed by atoms with Crippen LogP contribution in [0.5, 0.6) is 0 Å². The number of hydrogen-bond donors (Lipinski definition) is 1. The van der Waals surface area contributed by atoms with Crippen molar-refractivity contribution in [3.8, 4) is 0 Å². The van der Waals surface area contributed by atoms with Crippen molar-refractivity contribution < 1.29 is 9.84 Å². The van der Waals surface area contributed by atoms with E-state index >= 15 is 0 Å². The lowest BCUT2D eigenvalue weighted by Gasteiger charge is -2.25. The number of nitrogens with zero attached hydrogens (tertiary/aromatic N) is 1. The summed E-state index contributed by atoms with van der Waals surface area (Å²) in [7, 11) is 0. The molecular weight excluding hydrogens is 166 g/mol. The van der Waals surface area contributed by atoms with Crippen molar-refractivity contribution in [3.05, 3.63) is 0 Å². The lowest BCUT2D eigenvalue weighted by atomic mass is 10.1. The molecule has 0 aromatic carbocycles. The van der Waals surface area contributed by atoms with Gasteiger partial charge in [-0.05, 0) is 19.3 Å². The molecule has 0 radical (unpaired) electrons. The molecule has 1 heterocycles. The average Bonchev–Trinajstić information content (AvgIpc) is 2.62. The van der Waals surface area contributed by atoms with Crippen LogP contribution in [0.15, 0.2) is 0 Å². The van der Waals surface area contributed by atoms with E-state index in [1.807, 2.05) is 6.92 Å². The summed E-state index contributed by atoms with van der Waals surface area (Å²) in [6.45, 7) is 7.15.